The van der Waals surface area contributed by atoms with E-state index in [4.69, 9.17) is 5.73 Å². The Kier molecular flexibility index (Phi) is 2.01. The van der Waals surface area contributed by atoms with Crippen molar-refractivity contribution >= 4 is 11.5 Å². The van der Waals surface area contributed by atoms with Crippen molar-refractivity contribution in [1.82, 2.24) is 19.7 Å². The molecular formula is C7H6N6O2. The van der Waals surface area contributed by atoms with Crippen LogP contribution >= 0.6 is 0 Å². The molecule has 2 rings (SSSR count). The molecule has 0 amide bonds. The lowest BCUT2D eigenvalue weighted by molar-refractivity contribution is -0.384. The van der Waals surface area contributed by atoms with Crippen molar-refractivity contribution in [3.05, 3.63) is 34.9 Å². The molecular weight excluding hydrogens is 200 g/mol. The Morgan fingerprint density at radius 3 is 2.87 bits per heavy atom. The zero-order valence-corrected chi connectivity index (χ0v) is 7.44. The summed E-state index contributed by atoms with van der Waals surface area (Å²) in [4.78, 5) is 17.4. The van der Waals surface area contributed by atoms with Crippen LogP contribution in [0.2, 0.25) is 0 Å². The number of hydrogen-bond acceptors (Lipinski definition) is 6. The summed E-state index contributed by atoms with van der Waals surface area (Å²) in [6, 6.07) is 1.47. The maximum Gasteiger partial charge on any atom is 0.307 e. The van der Waals surface area contributed by atoms with E-state index in [0.717, 1.165) is 6.20 Å². The van der Waals surface area contributed by atoms with Crippen molar-refractivity contribution in [2.24, 2.45) is 0 Å². The molecule has 0 aromatic carbocycles. The van der Waals surface area contributed by atoms with Gasteiger partial charge in [0.15, 0.2) is 5.82 Å². The van der Waals surface area contributed by atoms with Gasteiger partial charge in [0.05, 0.1) is 4.92 Å². The molecule has 2 aromatic heterocycles. The summed E-state index contributed by atoms with van der Waals surface area (Å²) in [5.41, 5.74) is 5.33. The molecule has 2 heterocycles. The Hall–Kier alpha value is -2.51. The first-order valence-electron chi connectivity index (χ1n) is 3.94. The van der Waals surface area contributed by atoms with E-state index in [0.29, 0.717) is 5.82 Å². The Balaban J connectivity index is 2.41. The summed E-state index contributed by atoms with van der Waals surface area (Å²) in [5.74, 6) is 0.661. The van der Waals surface area contributed by atoms with Gasteiger partial charge in [0.2, 0.25) is 0 Å². The predicted octanol–water partition coefficient (Wildman–Crippen LogP) is 0.153. The summed E-state index contributed by atoms with van der Waals surface area (Å²) in [6.45, 7) is 0. The molecule has 0 radical (unpaired) electrons. The first kappa shape index (κ1) is 9.06. The highest BCUT2D eigenvalue weighted by atomic mass is 16.6. The number of nitrogens with two attached hydrogens (primary N) is 1. The Morgan fingerprint density at radius 1 is 1.47 bits per heavy atom. The third kappa shape index (κ3) is 1.73. The Labute approximate surface area is 83.5 Å². The highest BCUT2D eigenvalue weighted by Crippen LogP contribution is 2.12. The highest BCUT2D eigenvalue weighted by Gasteiger charge is 2.10. The molecule has 2 N–H and O–H groups in total. The molecule has 0 spiro atoms. The number of nitrogens with zero attached hydrogens (tertiary/aromatic N) is 5. The van der Waals surface area contributed by atoms with Crippen LogP contribution in [0.25, 0.3) is 5.82 Å². The molecule has 0 atom stereocenters. The SMILES string of the molecule is Nc1cc(-n2cc([N+](=O)[O-])cn2)ncn1. The van der Waals surface area contributed by atoms with Crippen molar-refractivity contribution in [3.63, 3.8) is 0 Å². The maximum atomic E-state index is 10.4. The second-order valence-electron chi connectivity index (χ2n) is 2.70. The monoisotopic (exact) mass is 206 g/mol. The molecule has 76 valence electrons. The van der Waals surface area contributed by atoms with Crippen LogP contribution in [0.5, 0.6) is 0 Å². The minimum Gasteiger partial charge on any atom is -0.384 e. The molecule has 0 aliphatic carbocycles. The maximum absolute atomic E-state index is 10.4. The molecule has 2 aromatic rings. The van der Waals surface area contributed by atoms with Crippen molar-refractivity contribution in [2.45, 2.75) is 0 Å². The third-order valence-electron chi connectivity index (χ3n) is 1.69. The minimum absolute atomic E-state index is 0.104. The number of aromatic nitrogens is 4. The van der Waals surface area contributed by atoms with E-state index in [9.17, 15) is 10.1 Å². The topological polar surface area (TPSA) is 113 Å². The van der Waals surface area contributed by atoms with Crippen LogP contribution in [-0.2, 0) is 0 Å². The van der Waals surface area contributed by atoms with Crippen molar-refractivity contribution in [1.29, 1.82) is 0 Å². The van der Waals surface area contributed by atoms with Crippen LogP contribution in [0.1, 0.15) is 0 Å². The number of nitrogen functional groups attached to an aromatic ring is 1. The predicted molar refractivity (Wildman–Crippen MR) is 50.2 cm³/mol. The van der Waals surface area contributed by atoms with Gasteiger partial charge in [-0.3, -0.25) is 10.1 Å². The van der Waals surface area contributed by atoms with Gasteiger partial charge in [-0.1, -0.05) is 0 Å². The zero-order valence-electron chi connectivity index (χ0n) is 7.44. The van der Waals surface area contributed by atoms with Gasteiger partial charge in [-0.15, -0.1) is 0 Å². The fraction of sp³-hybridized carbons (Fsp3) is 0. The van der Waals surface area contributed by atoms with Crippen LogP contribution in [0.3, 0.4) is 0 Å². The minimum atomic E-state index is -0.534. The standard InChI is InChI=1S/C7H6N6O2/c8-6-1-7(10-4-9-6)12-3-5(2-11-12)13(14)15/h1-4H,(H2,8,9,10). The molecule has 8 heteroatoms. The van der Waals surface area contributed by atoms with Gasteiger partial charge in [0.25, 0.3) is 0 Å². The van der Waals surface area contributed by atoms with Gasteiger partial charge in [0, 0.05) is 6.07 Å². The molecule has 15 heavy (non-hydrogen) atoms. The summed E-state index contributed by atoms with van der Waals surface area (Å²) < 4.78 is 1.26. The van der Waals surface area contributed by atoms with E-state index in [1.807, 2.05) is 0 Å². The zero-order chi connectivity index (χ0) is 10.8. The number of rotatable bonds is 2. The first-order chi connectivity index (χ1) is 7.16. The second kappa shape index (κ2) is 3.33. The van der Waals surface area contributed by atoms with Crippen molar-refractivity contribution < 1.29 is 4.92 Å². The molecule has 0 aliphatic rings. The van der Waals surface area contributed by atoms with E-state index in [-0.39, 0.29) is 11.5 Å². The summed E-state index contributed by atoms with van der Waals surface area (Å²) in [7, 11) is 0. The second-order valence-corrected chi connectivity index (χ2v) is 2.70. The fourth-order valence-electron chi connectivity index (χ4n) is 1.02. The van der Waals surface area contributed by atoms with Crippen LogP contribution < -0.4 is 5.73 Å². The van der Waals surface area contributed by atoms with Gasteiger partial charge in [0.1, 0.15) is 24.5 Å². The molecule has 0 saturated carbocycles. The van der Waals surface area contributed by atoms with Crippen molar-refractivity contribution in [3.8, 4) is 5.82 Å². The van der Waals surface area contributed by atoms with E-state index in [1.54, 1.807) is 0 Å². The number of anilines is 1. The van der Waals surface area contributed by atoms with E-state index < -0.39 is 4.92 Å². The highest BCUT2D eigenvalue weighted by molar-refractivity contribution is 5.36. The molecule has 0 fully saturated rings. The van der Waals surface area contributed by atoms with Gasteiger partial charge in [-0.05, 0) is 0 Å². The van der Waals surface area contributed by atoms with Gasteiger partial charge in [-0.25, -0.2) is 14.6 Å². The Morgan fingerprint density at radius 2 is 2.27 bits per heavy atom. The summed E-state index contributed by atoms with van der Waals surface area (Å²) >= 11 is 0. The molecule has 8 nitrogen and oxygen atoms in total. The largest absolute Gasteiger partial charge is 0.384 e. The summed E-state index contributed by atoms with van der Waals surface area (Å²) in [6.07, 6.45) is 3.65. The quantitative estimate of drug-likeness (QED) is 0.552. The van der Waals surface area contributed by atoms with Crippen LogP contribution in [-0.4, -0.2) is 24.7 Å². The number of hydrogen-bond donors (Lipinski definition) is 1. The Bertz CT molecular complexity index is 508. The van der Waals surface area contributed by atoms with Crippen LogP contribution in [0, 0.1) is 10.1 Å². The summed E-state index contributed by atoms with van der Waals surface area (Å²) in [5, 5.41) is 14.2. The van der Waals surface area contributed by atoms with Gasteiger partial charge >= 0.3 is 5.69 Å². The molecule has 0 saturated heterocycles. The average Bonchev–Trinajstić information content (AvgIpc) is 2.66. The number of nitro groups is 1. The van der Waals surface area contributed by atoms with E-state index in [2.05, 4.69) is 15.1 Å². The van der Waals surface area contributed by atoms with Crippen LogP contribution in [0.4, 0.5) is 11.5 Å². The van der Waals surface area contributed by atoms with Crippen LogP contribution in [0.15, 0.2) is 24.8 Å². The lowest BCUT2D eigenvalue weighted by Crippen LogP contribution is -2.00. The van der Waals surface area contributed by atoms with E-state index >= 15 is 0 Å². The molecule has 0 aliphatic heterocycles. The smallest absolute Gasteiger partial charge is 0.307 e. The van der Waals surface area contributed by atoms with E-state index in [1.165, 1.54) is 23.3 Å². The normalized spacial score (nSPS) is 10.1. The lowest BCUT2D eigenvalue weighted by Gasteiger charge is -1.98. The lowest BCUT2D eigenvalue weighted by atomic mass is 10.5. The third-order valence-corrected chi connectivity index (χ3v) is 1.69. The van der Waals surface area contributed by atoms with Gasteiger partial charge in [-0.2, -0.15) is 5.10 Å². The van der Waals surface area contributed by atoms with Crippen molar-refractivity contribution in [2.75, 3.05) is 5.73 Å². The van der Waals surface area contributed by atoms with Gasteiger partial charge < -0.3 is 5.73 Å². The molecule has 0 bridgehead atoms. The fourth-order valence-corrected chi connectivity index (χ4v) is 1.02. The first-order valence-corrected chi connectivity index (χ1v) is 3.94. The molecule has 0 unspecified atom stereocenters. The average molecular weight is 206 g/mol.